The lowest BCUT2D eigenvalue weighted by Gasteiger charge is -2.14. The molecule has 1 saturated heterocycles. The van der Waals surface area contributed by atoms with Crippen molar-refractivity contribution in [1.82, 2.24) is 9.55 Å². The van der Waals surface area contributed by atoms with Gasteiger partial charge in [-0.25, -0.2) is 4.98 Å². The molecule has 3 unspecified atom stereocenters. The van der Waals surface area contributed by atoms with E-state index in [0.717, 1.165) is 11.0 Å². The van der Waals surface area contributed by atoms with E-state index in [4.69, 9.17) is 9.84 Å². The fraction of sp³-hybridized carbons (Fsp3) is 0.500. The lowest BCUT2D eigenvalue weighted by molar-refractivity contribution is -0.0430. The van der Waals surface area contributed by atoms with Crippen LogP contribution >= 0.6 is 0 Å². The summed E-state index contributed by atoms with van der Waals surface area (Å²) in [5.41, 5.74) is 4.33. The molecular weight excluding hydrogens is 244 g/mol. The van der Waals surface area contributed by atoms with Crippen molar-refractivity contribution in [3.63, 3.8) is 0 Å². The SMILES string of the molecule is Cc1cc2ncn(C3CC(O)C(CO)O3)c2cc1C. The van der Waals surface area contributed by atoms with Gasteiger partial charge in [0, 0.05) is 6.42 Å². The van der Waals surface area contributed by atoms with Crippen LogP contribution in [0.5, 0.6) is 0 Å². The van der Waals surface area contributed by atoms with Crippen LogP contribution in [0, 0.1) is 13.8 Å². The number of nitrogens with zero attached hydrogens (tertiary/aromatic N) is 2. The Morgan fingerprint density at radius 2 is 2.11 bits per heavy atom. The number of fused-ring (bicyclic) bond motifs is 1. The van der Waals surface area contributed by atoms with E-state index in [1.807, 2.05) is 4.57 Å². The van der Waals surface area contributed by atoms with Crippen LogP contribution in [-0.4, -0.2) is 38.6 Å². The van der Waals surface area contributed by atoms with Gasteiger partial charge in [-0.05, 0) is 37.1 Å². The number of aryl methyl sites for hydroxylation is 2. The van der Waals surface area contributed by atoms with E-state index < -0.39 is 12.2 Å². The monoisotopic (exact) mass is 262 g/mol. The molecule has 1 aromatic heterocycles. The summed E-state index contributed by atoms with van der Waals surface area (Å²) >= 11 is 0. The van der Waals surface area contributed by atoms with Crippen LogP contribution in [0.4, 0.5) is 0 Å². The molecule has 5 heteroatoms. The molecule has 0 spiro atoms. The first-order valence-electron chi connectivity index (χ1n) is 6.48. The summed E-state index contributed by atoms with van der Waals surface area (Å²) < 4.78 is 7.60. The molecule has 0 amide bonds. The predicted molar refractivity (Wildman–Crippen MR) is 70.8 cm³/mol. The Morgan fingerprint density at radius 1 is 1.37 bits per heavy atom. The second-order valence-corrected chi connectivity index (χ2v) is 5.19. The lowest BCUT2D eigenvalue weighted by atomic mass is 10.1. The molecule has 3 atom stereocenters. The molecule has 1 aliphatic heterocycles. The Hall–Kier alpha value is -1.43. The van der Waals surface area contributed by atoms with Crippen molar-refractivity contribution in [2.45, 2.75) is 38.7 Å². The Bertz CT molecular complexity index is 608. The summed E-state index contributed by atoms with van der Waals surface area (Å²) in [6, 6.07) is 4.13. The Labute approximate surface area is 111 Å². The average molecular weight is 262 g/mol. The van der Waals surface area contributed by atoms with Gasteiger partial charge in [0.1, 0.15) is 12.3 Å². The second kappa shape index (κ2) is 4.59. The number of rotatable bonds is 2. The van der Waals surface area contributed by atoms with Crippen LogP contribution < -0.4 is 0 Å². The summed E-state index contributed by atoms with van der Waals surface area (Å²) in [5.74, 6) is 0. The molecule has 1 aliphatic rings. The first-order valence-corrected chi connectivity index (χ1v) is 6.48. The van der Waals surface area contributed by atoms with Gasteiger partial charge in [0.2, 0.25) is 0 Å². The maximum absolute atomic E-state index is 9.81. The second-order valence-electron chi connectivity index (χ2n) is 5.19. The molecule has 1 aromatic carbocycles. The first kappa shape index (κ1) is 12.6. The topological polar surface area (TPSA) is 67.5 Å². The van der Waals surface area contributed by atoms with E-state index in [1.54, 1.807) is 6.33 Å². The number of benzene rings is 1. The molecule has 19 heavy (non-hydrogen) atoms. The van der Waals surface area contributed by atoms with Crippen molar-refractivity contribution in [1.29, 1.82) is 0 Å². The number of hydrogen-bond acceptors (Lipinski definition) is 4. The van der Waals surface area contributed by atoms with E-state index in [2.05, 4.69) is 31.0 Å². The molecule has 2 N–H and O–H groups in total. The molecule has 102 valence electrons. The van der Waals surface area contributed by atoms with Crippen LogP contribution in [0.15, 0.2) is 18.5 Å². The zero-order chi connectivity index (χ0) is 13.6. The van der Waals surface area contributed by atoms with Gasteiger partial charge >= 0.3 is 0 Å². The van der Waals surface area contributed by atoms with E-state index in [-0.39, 0.29) is 12.8 Å². The number of imidazole rings is 1. The van der Waals surface area contributed by atoms with Crippen LogP contribution in [0.3, 0.4) is 0 Å². The summed E-state index contributed by atoms with van der Waals surface area (Å²) in [6.45, 7) is 3.96. The Balaban J connectivity index is 2.00. The smallest absolute Gasteiger partial charge is 0.138 e. The molecule has 0 bridgehead atoms. The minimum absolute atomic E-state index is 0.164. The van der Waals surface area contributed by atoms with Gasteiger partial charge in [-0.15, -0.1) is 0 Å². The van der Waals surface area contributed by atoms with Crippen LogP contribution in [0.2, 0.25) is 0 Å². The number of ether oxygens (including phenoxy) is 1. The van der Waals surface area contributed by atoms with E-state index in [1.165, 1.54) is 11.1 Å². The minimum atomic E-state index is -0.626. The van der Waals surface area contributed by atoms with E-state index >= 15 is 0 Å². The highest BCUT2D eigenvalue weighted by molar-refractivity contribution is 5.77. The van der Waals surface area contributed by atoms with Crippen molar-refractivity contribution in [2.24, 2.45) is 0 Å². The number of hydrogen-bond donors (Lipinski definition) is 2. The third-order valence-corrected chi connectivity index (χ3v) is 3.88. The fourth-order valence-corrected chi connectivity index (χ4v) is 2.56. The standard InChI is InChI=1S/C14H18N2O3/c1-8-3-10-11(4-9(8)2)16(7-15-10)14-5-12(18)13(6-17)19-14/h3-4,7,12-14,17-18H,5-6H2,1-2H3. The lowest BCUT2D eigenvalue weighted by Crippen LogP contribution is -2.24. The summed E-state index contributed by atoms with van der Waals surface area (Å²) in [7, 11) is 0. The number of aliphatic hydroxyl groups excluding tert-OH is 2. The summed E-state index contributed by atoms with van der Waals surface area (Å²) in [4.78, 5) is 4.38. The van der Waals surface area contributed by atoms with Gasteiger partial charge in [-0.3, -0.25) is 0 Å². The largest absolute Gasteiger partial charge is 0.394 e. The molecule has 1 fully saturated rings. The molecule has 5 nitrogen and oxygen atoms in total. The minimum Gasteiger partial charge on any atom is -0.394 e. The predicted octanol–water partition coefficient (Wildman–Crippen LogP) is 1.29. The number of aromatic nitrogens is 2. The van der Waals surface area contributed by atoms with E-state index in [9.17, 15) is 5.11 Å². The number of aliphatic hydroxyl groups is 2. The molecule has 3 rings (SSSR count). The highest BCUT2D eigenvalue weighted by atomic mass is 16.5. The van der Waals surface area contributed by atoms with Gasteiger partial charge in [0.05, 0.1) is 30.1 Å². The summed E-state index contributed by atoms with van der Waals surface area (Å²) in [5, 5.41) is 18.9. The van der Waals surface area contributed by atoms with Gasteiger partial charge in [-0.2, -0.15) is 0 Å². The third kappa shape index (κ3) is 2.04. The van der Waals surface area contributed by atoms with Crippen molar-refractivity contribution in [3.05, 3.63) is 29.6 Å². The molecule has 2 heterocycles. The molecule has 0 radical (unpaired) electrons. The fourth-order valence-electron chi connectivity index (χ4n) is 2.56. The maximum atomic E-state index is 9.81. The van der Waals surface area contributed by atoms with Gasteiger partial charge in [0.15, 0.2) is 0 Å². The normalized spacial score (nSPS) is 27.3. The summed E-state index contributed by atoms with van der Waals surface area (Å²) in [6.07, 6.45) is 0.817. The van der Waals surface area contributed by atoms with Gasteiger partial charge < -0.3 is 19.5 Å². The highest BCUT2D eigenvalue weighted by Crippen LogP contribution is 2.31. The van der Waals surface area contributed by atoms with E-state index in [0.29, 0.717) is 6.42 Å². The molecule has 2 aromatic rings. The van der Waals surface area contributed by atoms with Crippen molar-refractivity contribution >= 4 is 11.0 Å². The quantitative estimate of drug-likeness (QED) is 0.856. The van der Waals surface area contributed by atoms with Crippen LogP contribution in [-0.2, 0) is 4.74 Å². The van der Waals surface area contributed by atoms with Crippen molar-refractivity contribution in [2.75, 3.05) is 6.61 Å². The van der Waals surface area contributed by atoms with Gasteiger partial charge in [-0.1, -0.05) is 0 Å². The Morgan fingerprint density at radius 3 is 2.79 bits per heavy atom. The van der Waals surface area contributed by atoms with Crippen LogP contribution in [0.25, 0.3) is 11.0 Å². The Kier molecular flexibility index (Phi) is 3.05. The zero-order valence-electron chi connectivity index (χ0n) is 11.1. The molecule has 0 aliphatic carbocycles. The molecular formula is C14H18N2O3. The van der Waals surface area contributed by atoms with Crippen LogP contribution in [0.1, 0.15) is 23.8 Å². The average Bonchev–Trinajstić information content (AvgIpc) is 2.93. The highest BCUT2D eigenvalue weighted by Gasteiger charge is 2.34. The first-order chi connectivity index (χ1) is 9.10. The molecule has 0 saturated carbocycles. The zero-order valence-corrected chi connectivity index (χ0v) is 11.1. The van der Waals surface area contributed by atoms with Crippen molar-refractivity contribution in [3.8, 4) is 0 Å². The van der Waals surface area contributed by atoms with Gasteiger partial charge in [0.25, 0.3) is 0 Å². The maximum Gasteiger partial charge on any atom is 0.138 e. The van der Waals surface area contributed by atoms with Crippen molar-refractivity contribution < 1.29 is 14.9 Å². The third-order valence-electron chi connectivity index (χ3n) is 3.88.